The summed E-state index contributed by atoms with van der Waals surface area (Å²) < 4.78 is 5.50. The van der Waals surface area contributed by atoms with Crippen molar-refractivity contribution in [2.75, 3.05) is 5.32 Å². The quantitative estimate of drug-likeness (QED) is 0.550. The molecule has 3 aromatic heterocycles. The molecule has 0 saturated heterocycles. The number of rotatable bonds is 4. The Hall–Kier alpha value is -3.32. The highest BCUT2D eigenvalue weighted by molar-refractivity contribution is 7.13. The van der Waals surface area contributed by atoms with Gasteiger partial charge in [-0.1, -0.05) is 18.2 Å². The van der Waals surface area contributed by atoms with Gasteiger partial charge in [0.25, 0.3) is 5.91 Å². The lowest BCUT2D eigenvalue weighted by Crippen LogP contribution is -2.42. The number of hydrogen-bond donors (Lipinski definition) is 2. The van der Waals surface area contributed by atoms with Gasteiger partial charge in [-0.05, 0) is 35.7 Å². The van der Waals surface area contributed by atoms with Gasteiger partial charge in [-0.25, -0.2) is 0 Å². The first-order chi connectivity index (χ1) is 13.3. The van der Waals surface area contributed by atoms with E-state index >= 15 is 0 Å². The van der Waals surface area contributed by atoms with Gasteiger partial charge >= 0.3 is 0 Å². The Bertz CT molecular complexity index is 1070. The van der Waals surface area contributed by atoms with E-state index < -0.39 is 0 Å². The standard InChI is InChI=1S/C20H16N4O2S/c25-20-14-6-1-2-7-16(14)22-19(24(20)12-13-5-3-9-26-13)15-11-21-23-18(15)17-8-4-10-27-17/h1-11,19,22H,12H2,(H,21,23). The van der Waals surface area contributed by atoms with E-state index in [0.29, 0.717) is 12.1 Å². The molecule has 1 amide bonds. The maximum Gasteiger partial charge on any atom is 0.258 e. The molecule has 4 aromatic rings. The van der Waals surface area contributed by atoms with E-state index in [9.17, 15) is 4.79 Å². The van der Waals surface area contributed by atoms with Crippen molar-refractivity contribution in [3.8, 4) is 10.6 Å². The fourth-order valence-electron chi connectivity index (χ4n) is 3.39. The van der Waals surface area contributed by atoms with Gasteiger partial charge in [-0.15, -0.1) is 11.3 Å². The topological polar surface area (TPSA) is 74.2 Å². The monoisotopic (exact) mass is 376 g/mol. The third-order valence-corrected chi connectivity index (χ3v) is 5.55. The summed E-state index contributed by atoms with van der Waals surface area (Å²) in [6.45, 7) is 0.368. The maximum atomic E-state index is 13.3. The minimum atomic E-state index is -0.353. The van der Waals surface area contributed by atoms with Crippen LogP contribution in [0.3, 0.4) is 0 Å². The Morgan fingerprint density at radius 3 is 2.89 bits per heavy atom. The van der Waals surface area contributed by atoms with Crippen LogP contribution >= 0.6 is 11.3 Å². The summed E-state index contributed by atoms with van der Waals surface area (Å²) in [6, 6.07) is 15.3. The van der Waals surface area contributed by atoms with Crippen LogP contribution in [0, 0.1) is 0 Å². The summed E-state index contributed by atoms with van der Waals surface area (Å²) in [4.78, 5) is 16.1. The molecule has 0 fully saturated rings. The number of aromatic amines is 1. The number of aromatic nitrogens is 2. The van der Waals surface area contributed by atoms with Gasteiger partial charge in [0.05, 0.1) is 35.1 Å². The number of benzene rings is 1. The third-order valence-electron chi connectivity index (χ3n) is 4.66. The van der Waals surface area contributed by atoms with Crippen molar-refractivity contribution in [2.24, 2.45) is 0 Å². The number of fused-ring (bicyclic) bond motifs is 1. The number of nitrogens with zero attached hydrogens (tertiary/aromatic N) is 2. The fourth-order valence-corrected chi connectivity index (χ4v) is 4.14. The minimum Gasteiger partial charge on any atom is -0.467 e. The molecule has 2 N–H and O–H groups in total. The van der Waals surface area contributed by atoms with Crippen LogP contribution in [0.25, 0.3) is 10.6 Å². The molecule has 1 atom stereocenters. The number of thiophene rings is 1. The van der Waals surface area contributed by atoms with E-state index in [-0.39, 0.29) is 12.1 Å². The zero-order valence-corrected chi connectivity index (χ0v) is 15.1. The van der Waals surface area contributed by atoms with Crippen molar-refractivity contribution in [3.05, 3.63) is 83.3 Å². The Labute approximate surface area is 159 Å². The number of amides is 1. The highest BCUT2D eigenvalue weighted by atomic mass is 32.1. The molecule has 0 spiro atoms. The molecule has 7 heteroatoms. The van der Waals surface area contributed by atoms with Crippen molar-refractivity contribution in [3.63, 3.8) is 0 Å². The molecular formula is C20H16N4O2S. The zero-order chi connectivity index (χ0) is 18.2. The molecule has 0 radical (unpaired) electrons. The Morgan fingerprint density at radius 2 is 2.07 bits per heavy atom. The van der Waals surface area contributed by atoms with Crippen LogP contribution in [-0.4, -0.2) is 21.0 Å². The minimum absolute atomic E-state index is 0.0379. The molecule has 1 unspecified atom stereocenters. The number of furan rings is 1. The molecule has 4 heterocycles. The van der Waals surface area contributed by atoms with Crippen LogP contribution < -0.4 is 5.32 Å². The number of anilines is 1. The normalized spacial score (nSPS) is 16.2. The average molecular weight is 376 g/mol. The van der Waals surface area contributed by atoms with E-state index in [4.69, 9.17) is 4.42 Å². The van der Waals surface area contributed by atoms with E-state index in [1.165, 1.54) is 0 Å². The number of carbonyl (C=O) groups is 1. The Kier molecular flexibility index (Phi) is 3.79. The lowest BCUT2D eigenvalue weighted by Gasteiger charge is -2.37. The summed E-state index contributed by atoms with van der Waals surface area (Å²) in [5.74, 6) is 0.694. The first-order valence-corrected chi connectivity index (χ1v) is 9.45. The second-order valence-corrected chi connectivity index (χ2v) is 7.23. The molecule has 134 valence electrons. The molecule has 27 heavy (non-hydrogen) atoms. The van der Waals surface area contributed by atoms with Crippen LogP contribution in [0.2, 0.25) is 0 Å². The summed E-state index contributed by atoms with van der Waals surface area (Å²) in [5.41, 5.74) is 3.31. The van der Waals surface area contributed by atoms with Crippen LogP contribution in [0.5, 0.6) is 0 Å². The summed E-state index contributed by atoms with van der Waals surface area (Å²) in [6.07, 6.45) is 3.05. The van der Waals surface area contributed by atoms with Crippen LogP contribution in [0.1, 0.15) is 27.8 Å². The molecule has 1 aliphatic rings. The van der Waals surface area contributed by atoms with Gasteiger partial charge < -0.3 is 14.6 Å². The van der Waals surface area contributed by atoms with Crippen LogP contribution in [0.15, 0.2) is 70.8 Å². The van der Waals surface area contributed by atoms with Gasteiger partial charge in [0.15, 0.2) is 0 Å². The highest BCUT2D eigenvalue weighted by Crippen LogP contribution is 2.38. The smallest absolute Gasteiger partial charge is 0.258 e. The number of carbonyl (C=O) groups excluding carboxylic acids is 1. The SMILES string of the molecule is O=C1c2ccccc2NC(c2cn[nH]c2-c2cccs2)N1Cc1ccco1. The number of nitrogens with one attached hydrogen (secondary N) is 2. The summed E-state index contributed by atoms with van der Waals surface area (Å²) in [5, 5.41) is 12.9. The molecular weight excluding hydrogens is 360 g/mol. The first kappa shape index (κ1) is 15.9. The zero-order valence-electron chi connectivity index (χ0n) is 14.3. The van der Waals surface area contributed by atoms with Crippen molar-refractivity contribution >= 4 is 22.9 Å². The highest BCUT2D eigenvalue weighted by Gasteiger charge is 2.35. The molecule has 1 aromatic carbocycles. The van der Waals surface area contributed by atoms with Gasteiger partial charge in [-0.2, -0.15) is 5.10 Å². The van der Waals surface area contributed by atoms with E-state index in [2.05, 4.69) is 15.5 Å². The van der Waals surface area contributed by atoms with Crippen LogP contribution in [0.4, 0.5) is 5.69 Å². The summed E-state index contributed by atoms with van der Waals surface area (Å²) in [7, 11) is 0. The third kappa shape index (κ3) is 2.72. The van der Waals surface area contributed by atoms with Gasteiger partial charge in [0, 0.05) is 11.3 Å². The largest absolute Gasteiger partial charge is 0.467 e. The molecule has 5 rings (SSSR count). The number of para-hydroxylation sites is 1. The van der Waals surface area contributed by atoms with Gasteiger partial charge in [0.1, 0.15) is 11.9 Å². The summed E-state index contributed by atoms with van der Waals surface area (Å²) >= 11 is 1.63. The predicted octanol–water partition coefficient (Wildman–Crippen LogP) is 4.50. The maximum absolute atomic E-state index is 13.3. The van der Waals surface area contributed by atoms with Crippen molar-refractivity contribution < 1.29 is 9.21 Å². The average Bonchev–Trinajstić information content (AvgIpc) is 3.46. The molecule has 0 aliphatic carbocycles. The molecule has 1 aliphatic heterocycles. The van der Waals surface area contributed by atoms with Gasteiger partial charge in [-0.3, -0.25) is 9.89 Å². The Balaban J connectivity index is 1.61. The van der Waals surface area contributed by atoms with E-state index in [1.54, 1.807) is 28.7 Å². The number of hydrogen-bond acceptors (Lipinski definition) is 5. The van der Waals surface area contributed by atoms with Crippen LogP contribution in [-0.2, 0) is 6.54 Å². The second-order valence-electron chi connectivity index (χ2n) is 6.28. The second kappa shape index (κ2) is 6.44. The molecule has 6 nitrogen and oxygen atoms in total. The fraction of sp³-hybridized carbons (Fsp3) is 0.100. The Morgan fingerprint density at radius 1 is 1.15 bits per heavy atom. The van der Waals surface area contributed by atoms with E-state index in [0.717, 1.165) is 27.6 Å². The lowest BCUT2D eigenvalue weighted by atomic mass is 10.0. The van der Waals surface area contributed by atoms with Crippen molar-refractivity contribution in [2.45, 2.75) is 12.7 Å². The lowest BCUT2D eigenvalue weighted by molar-refractivity contribution is 0.0652. The molecule has 0 bridgehead atoms. The first-order valence-electron chi connectivity index (χ1n) is 8.57. The molecule has 0 saturated carbocycles. The van der Waals surface area contributed by atoms with Gasteiger partial charge in [0.2, 0.25) is 0 Å². The van der Waals surface area contributed by atoms with Crippen molar-refractivity contribution in [1.29, 1.82) is 0 Å². The van der Waals surface area contributed by atoms with Crippen molar-refractivity contribution in [1.82, 2.24) is 15.1 Å². The van der Waals surface area contributed by atoms with E-state index in [1.807, 2.05) is 53.9 Å². The number of H-pyrrole nitrogens is 1. The predicted molar refractivity (Wildman–Crippen MR) is 103 cm³/mol.